The number of para-hydroxylation sites is 1. The van der Waals surface area contributed by atoms with Crippen LogP contribution in [-0.2, 0) is 0 Å². The number of anilines is 2. The molecule has 5 aromatic rings. The third-order valence-corrected chi connectivity index (χ3v) is 5.63. The Hall–Kier alpha value is -4.18. The first-order chi connectivity index (χ1) is 15.7. The summed E-state index contributed by atoms with van der Waals surface area (Å²) in [7, 11) is 0. The zero-order valence-corrected chi connectivity index (χ0v) is 17.8. The van der Waals surface area contributed by atoms with Crippen molar-refractivity contribution in [3.05, 3.63) is 136 Å². The number of aryl methyl sites for hydroxylation is 1. The minimum Gasteiger partial charge on any atom is -0.356 e. The monoisotopic (exact) mass is 417 g/mol. The van der Waals surface area contributed by atoms with Crippen molar-refractivity contribution in [2.45, 2.75) is 13.0 Å². The molecule has 4 nitrogen and oxygen atoms in total. The highest BCUT2D eigenvalue weighted by Gasteiger charge is 2.21. The van der Waals surface area contributed by atoms with E-state index in [1.54, 1.807) is 4.57 Å². The largest absolute Gasteiger partial charge is 0.356 e. The lowest BCUT2D eigenvalue weighted by Gasteiger charge is -2.23. The fourth-order valence-electron chi connectivity index (χ4n) is 4.14. The van der Waals surface area contributed by atoms with Crippen molar-refractivity contribution in [2.75, 3.05) is 5.32 Å². The summed E-state index contributed by atoms with van der Waals surface area (Å²) in [6, 6.07) is 35.6. The Bertz CT molecular complexity index is 1370. The summed E-state index contributed by atoms with van der Waals surface area (Å²) < 4.78 is 1.80. The van der Waals surface area contributed by atoms with Crippen LogP contribution in [0.25, 0.3) is 10.9 Å². The maximum Gasteiger partial charge on any atom is 0.262 e. The Morgan fingerprint density at radius 3 is 1.88 bits per heavy atom. The number of rotatable bonds is 5. The molecule has 1 N–H and O–H groups in total. The molecule has 0 spiro atoms. The van der Waals surface area contributed by atoms with E-state index in [2.05, 4.69) is 29.6 Å². The maximum atomic E-state index is 13.8. The molecule has 4 aromatic carbocycles. The predicted octanol–water partition coefficient (Wildman–Crippen LogP) is 6.09. The van der Waals surface area contributed by atoms with Crippen LogP contribution >= 0.6 is 0 Å². The van der Waals surface area contributed by atoms with Gasteiger partial charge in [0.05, 0.1) is 16.9 Å². The van der Waals surface area contributed by atoms with Gasteiger partial charge >= 0.3 is 0 Å². The molecule has 0 atom stereocenters. The van der Waals surface area contributed by atoms with Crippen molar-refractivity contribution in [3.8, 4) is 0 Å². The average molecular weight is 418 g/mol. The van der Waals surface area contributed by atoms with Crippen molar-refractivity contribution in [2.24, 2.45) is 0 Å². The molecule has 32 heavy (non-hydrogen) atoms. The van der Waals surface area contributed by atoms with Crippen LogP contribution in [0, 0.1) is 6.92 Å². The molecular formula is C28H23N3O. The van der Waals surface area contributed by atoms with E-state index >= 15 is 0 Å². The summed E-state index contributed by atoms with van der Waals surface area (Å²) >= 11 is 0. The normalized spacial score (nSPS) is 11.1. The van der Waals surface area contributed by atoms with E-state index in [0.29, 0.717) is 16.7 Å². The van der Waals surface area contributed by atoms with E-state index in [1.807, 2.05) is 91.9 Å². The number of nitrogens with one attached hydrogen (secondary N) is 1. The Balaban J connectivity index is 1.69. The molecule has 0 amide bonds. The van der Waals surface area contributed by atoms with Gasteiger partial charge in [-0.3, -0.25) is 9.36 Å². The van der Waals surface area contributed by atoms with Crippen LogP contribution in [0.15, 0.2) is 114 Å². The number of hydrogen-bond donors (Lipinski definition) is 1. The van der Waals surface area contributed by atoms with Crippen LogP contribution < -0.4 is 10.9 Å². The molecule has 0 radical (unpaired) electrons. The molecule has 0 aliphatic rings. The van der Waals surface area contributed by atoms with Crippen LogP contribution in [0.5, 0.6) is 0 Å². The lowest BCUT2D eigenvalue weighted by atomic mass is 9.98. The zero-order valence-electron chi connectivity index (χ0n) is 17.8. The second kappa shape index (κ2) is 8.52. The molecule has 0 bridgehead atoms. The molecule has 0 saturated heterocycles. The van der Waals surface area contributed by atoms with Crippen LogP contribution in [0.3, 0.4) is 0 Å². The topological polar surface area (TPSA) is 46.9 Å². The second-order valence-corrected chi connectivity index (χ2v) is 7.78. The molecule has 0 saturated carbocycles. The molecule has 1 heterocycles. The Labute approximate surface area is 186 Å². The summed E-state index contributed by atoms with van der Waals surface area (Å²) in [5.41, 5.74) is 4.56. The highest BCUT2D eigenvalue weighted by molar-refractivity contribution is 5.83. The molecule has 0 aliphatic heterocycles. The zero-order chi connectivity index (χ0) is 21.9. The van der Waals surface area contributed by atoms with Gasteiger partial charge in [0, 0.05) is 11.4 Å². The fraction of sp³-hybridized carbons (Fsp3) is 0.0714. The molecular weight excluding hydrogens is 394 g/mol. The molecule has 4 heteroatoms. The van der Waals surface area contributed by atoms with Gasteiger partial charge in [-0.25, -0.2) is 4.98 Å². The van der Waals surface area contributed by atoms with E-state index in [9.17, 15) is 4.79 Å². The summed E-state index contributed by atoms with van der Waals surface area (Å²) in [6.45, 7) is 1.90. The predicted molar refractivity (Wildman–Crippen MR) is 131 cm³/mol. The highest BCUT2D eigenvalue weighted by Crippen LogP contribution is 2.27. The minimum atomic E-state index is -0.257. The van der Waals surface area contributed by atoms with Crippen LogP contribution in [0.2, 0.25) is 0 Å². The number of nitrogens with zero attached hydrogens (tertiary/aromatic N) is 2. The van der Waals surface area contributed by atoms with Gasteiger partial charge in [-0.15, -0.1) is 0 Å². The Kier molecular flexibility index (Phi) is 5.26. The first-order valence-electron chi connectivity index (χ1n) is 10.7. The molecule has 156 valence electrons. The van der Waals surface area contributed by atoms with Crippen LogP contribution in [-0.4, -0.2) is 9.55 Å². The number of hydrogen-bond acceptors (Lipinski definition) is 3. The Morgan fingerprint density at radius 2 is 1.28 bits per heavy atom. The number of benzene rings is 4. The summed E-state index contributed by atoms with van der Waals surface area (Å²) in [5, 5.41) is 3.97. The van der Waals surface area contributed by atoms with Gasteiger partial charge in [0.15, 0.2) is 0 Å². The highest BCUT2D eigenvalue weighted by atomic mass is 16.1. The lowest BCUT2D eigenvalue weighted by Crippen LogP contribution is -2.29. The number of fused-ring (bicyclic) bond motifs is 1. The first kappa shape index (κ1) is 19.8. The smallest absolute Gasteiger partial charge is 0.262 e. The third-order valence-electron chi connectivity index (χ3n) is 5.63. The van der Waals surface area contributed by atoms with Gasteiger partial charge in [0.25, 0.3) is 5.56 Å². The van der Waals surface area contributed by atoms with Gasteiger partial charge < -0.3 is 5.32 Å². The molecule has 0 unspecified atom stereocenters. The van der Waals surface area contributed by atoms with Crippen molar-refractivity contribution < 1.29 is 0 Å². The van der Waals surface area contributed by atoms with Crippen molar-refractivity contribution in [1.82, 2.24) is 9.55 Å². The van der Waals surface area contributed by atoms with Crippen molar-refractivity contribution in [3.63, 3.8) is 0 Å². The molecule has 0 fully saturated rings. The quantitative estimate of drug-likeness (QED) is 0.377. The molecule has 1 aromatic heterocycles. The van der Waals surface area contributed by atoms with Crippen LogP contribution in [0.4, 0.5) is 11.4 Å². The van der Waals surface area contributed by atoms with Gasteiger partial charge in [0.1, 0.15) is 5.82 Å². The second-order valence-electron chi connectivity index (χ2n) is 7.78. The minimum absolute atomic E-state index is 0.0538. The Morgan fingerprint density at radius 1 is 0.719 bits per heavy atom. The van der Waals surface area contributed by atoms with Gasteiger partial charge in [0.2, 0.25) is 0 Å². The van der Waals surface area contributed by atoms with Crippen LogP contribution in [0.1, 0.15) is 23.0 Å². The van der Waals surface area contributed by atoms with Crippen molar-refractivity contribution in [1.29, 1.82) is 0 Å². The fourth-order valence-corrected chi connectivity index (χ4v) is 4.14. The van der Waals surface area contributed by atoms with E-state index in [4.69, 9.17) is 4.98 Å². The third kappa shape index (κ3) is 3.79. The van der Waals surface area contributed by atoms with E-state index in [-0.39, 0.29) is 11.6 Å². The van der Waals surface area contributed by atoms with Gasteiger partial charge in [-0.05, 0) is 48.4 Å². The standard InChI is InChI=1S/C28H23N3O/c1-20-29-26-18-17-24(30-23-15-9-4-10-16-23)19-25(26)28(32)31(20)27(21-11-5-2-6-12-21)22-13-7-3-8-14-22/h2-19,27,30H,1H3. The average Bonchev–Trinajstić information content (AvgIpc) is 2.84. The summed E-state index contributed by atoms with van der Waals surface area (Å²) in [4.78, 5) is 18.6. The number of aromatic nitrogens is 2. The lowest BCUT2D eigenvalue weighted by molar-refractivity contribution is 0.620. The SMILES string of the molecule is Cc1nc2ccc(Nc3ccccc3)cc2c(=O)n1C(c1ccccc1)c1ccccc1. The molecule has 5 rings (SSSR count). The molecule has 0 aliphatic carbocycles. The van der Waals surface area contributed by atoms with Gasteiger partial charge in [-0.1, -0.05) is 78.9 Å². The van der Waals surface area contributed by atoms with E-state index in [0.717, 1.165) is 22.5 Å². The van der Waals surface area contributed by atoms with E-state index < -0.39 is 0 Å². The first-order valence-corrected chi connectivity index (χ1v) is 10.7. The maximum absolute atomic E-state index is 13.8. The van der Waals surface area contributed by atoms with Crippen molar-refractivity contribution >= 4 is 22.3 Å². The summed E-state index contributed by atoms with van der Waals surface area (Å²) in [6.07, 6.45) is 0. The van der Waals surface area contributed by atoms with E-state index in [1.165, 1.54) is 0 Å². The van der Waals surface area contributed by atoms with Gasteiger partial charge in [-0.2, -0.15) is 0 Å². The summed E-state index contributed by atoms with van der Waals surface area (Å²) in [5.74, 6) is 0.684.